The molecule has 3 heterocycles. The molecule has 0 atom stereocenters. The van der Waals surface area contributed by atoms with Crippen LogP contribution in [-0.2, 0) is 20.8 Å². The zero-order chi connectivity index (χ0) is 21.0. The van der Waals surface area contributed by atoms with Crippen LogP contribution in [0, 0.1) is 0 Å². The monoisotopic (exact) mass is 420 g/mol. The van der Waals surface area contributed by atoms with Crippen molar-refractivity contribution >= 4 is 28.5 Å². The molecule has 5 rings (SSSR count). The van der Waals surface area contributed by atoms with Crippen LogP contribution < -0.4 is 15.5 Å². The molecule has 2 saturated heterocycles. The van der Waals surface area contributed by atoms with Gasteiger partial charge in [-0.3, -0.25) is 9.69 Å². The minimum absolute atomic E-state index is 0.0732. The van der Waals surface area contributed by atoms with Crippen molar-refractivity contribution in [2.45, 2.75) is 6.54 Å². The SMILES string of the molecule is O=C1Nc2cc(CN3CCOCC3)ccc2C1=CNc1ccc(N2CCOCC2)cc1. The van der Waals surface area contributed by atoms with E-state index in [0.717, 1.165) is 76.1 Å². The van der Waals surface area contributed by atoms with Crippen LogP contribution in [-0.4, -0.2) is 63.4 Å². The number of morpholine rings is 2. The zero-order valence-corrected chi connectivity index (χ0v) is 17.6. The Labute approximate surface area is 182 Å². The third-order valence-electron chi connectivity index (χ3n) is 6.00. The maximum atomic E-state index is 12.5. The fourth-order valence-corrected chi connectivity index (χ4v) is 4.25. The van der Waals surface area contributed by atoms with Crippen molar-refractivity contribution in [1.82, 2.24) is 4.90 Å². The summed E-state index contributed by atoms with van der Waals surface area (Å²) in [5, 5.41) is 6.28. The van der Waals surface area contributed by atoms with Crippen LogP contribution in [0.2, 0.25) is 0 Å². The van der Waals surface area contributed by atoms with E-state index >= 15 is 0 Å². The first kappa shape index (κ1) is 20.1. The molecule has 2 aromatic carbocycles. The number of amides is 1. The van der Waals surface area contributed by atoms with Gasteiger partial charge in [-0.1, -0.05) is 12.1 Å². The molecule has 2 aromatic rings. The minimum atomic E-state index is -0.0732. The second-order valence-electron chi connectivity index (χ2n) is 8.07. The van der Waals surface area contributed by atoms with E-state index in [1.807, 2.05) is 18.2 Å². The predicted octanol–water partition coefficient (Wildman–Crippen LogP) is 2.76. The van der Waals surface area contributed by atoms with Gasteiger partial charge in [0.2, 0.25) is 0 Å². The number of fused-ring (bicyclic) bond motifs is 1. The lowest BCUT2D eigenvalue weighted by Gasteiger charge is -2.28. The van der Waals surface area contributed by atoms with Crippen molar-refractivity contribution < 1.29 is 14.3 Å². The molecular weight excluding hydrogens is 392 g/mol. The molecule has 7 heteroatoms. The quantitative estimate of drug-likeness (QED) is 0.726. The van der Waals surface area contributed by atoms with Crippen LogP contribution in [0.25, 0.3) is 5.57 Å². The van der Waals surface area contributed by atoms with Crippen molar-refractivity contribution in [3.05, 3.63) is 59.8 Å². The summed E-state index contributed by atoms with van der Waals surface area (Å²) in [6.07, 6.45) is 1.80. The smallest absolute Gasteiger partial charge is 0.257 e. The average Bonchev–Trinajstić information content (AvgIpc) is 3.13. The van der Waals surface area contributed by atoms with Crippen LogP contribution in [0.4, 0.5) is 17.1 Å². The van der Waals surface area contributed by atoms with E-state index in [4.69, 9.17) is 9.47 Å². The number of ether oxygens (including phenoxy) is 2. The maximum absolute atomic E-state index is 12.5. The van der Waals surface area contributed by atoms with Crippen molar-refractivity contribution in [2.75, 3.05) is 68.1 Å². The van der Waals surface area contributed by atoms with Gasteiger partial charge in [-0.15, -0.1) is 0 Å². The van der Waals surface area contributed by atoms with Gasteiger partial charge in [0.05, 0.1) is 32.0 Å². The summed E-state index contributed by atoms with van der Waals surface area (Å²) in [7, 11) is 0. The normalized spacial score (nSPS) is 20.6. The van der Waals surface area contributed by atoms with E-state index in [1.165, 1.54) is 11.3 Å². The lowest BCUT2D eigenvalue weighted by molar-refractivity contribution is -0.110. The van der Waals surface area contributed by atoms with Crippen LogP contribution in [0.15, 0.2) is 48.7 Å². The molecule has 31 heavy (non-hydrogen) atoms. The van der Waals surface area contributed by atoms with E-state index in [1.54, 1.807) is 6.20 Å². The first-order valence-corrected chi connectivity index (χ1v) is 10.9. The minimum Gasteiger partial charge on any atom is -0.379 e. The van der Waals surface area contributed by atoms with Gasteiger partial charge in [0.1, 0.15) is 0 Å². The molecule has 2 fully saturated rings. The summed E-state index contributed by atoms with van der Waals surface area (Å²) >= 11 is 0. The molecule has 0 unspecified atom stereocenters. The number of hydrogen-bond donors (Lipinski definition) is 2. The van der Waals surface area contributed by atoms with Gasteiger partial charge in [-0.2, -0.15) is 0 Å². The van der Waals surface area contributed by atoms with E-state index in [2.05, 4.69) is 44.7 Å². The Bertz CT molecular complexity index is 961. The Kier molecular flexibility index (Phi) is 5.88. The first-order chi connectivity index (χ1) is 15.3. The number of benzene rings is 2. The zero-order valence-electron chi connectivity index (χ0n) is 17.6. The molecule has 7 nitrogen and oxygen atoms in total. The van der Waals surface area contributed by atoms with Crippen LogP contribution in [0.5, 0.6) is 0 Å². The Morgan fingerprint density at radius 2 is 1.65 bits per heavy atom. The molecular formula is C24H28N4O3. The van der Waals surface area contributed by atoms with Gasteiger partial charge in [0, 0.05) is 61.5 Å². The molecule has 3 aliphatic heterocycles. The fourth-order valence-electron chi connectivity index (χ4n) is 4.25. The van der Waals surface area contributed by atoms with Gasteiger partial charge in [0.15, 0.2) is 0 Å². The van der Waals surface area contributed by atoms with E-state index < -0.39 is 0 Å². The number of rotatable bonds is 5. The lowest BCUT2D eigenvalue weighted by atomic mass is 10.1. The standard InChI is InChI=1S/C24H28N4O3/c29-24-22(16-25-19-2-4-20(5-3-19)28-9-13-31-14-10-28)21-6-1-18(15-23(21)26-24)17-27-7-11-30-12-8-27/h1-6,15-16,25H,7-14,17H2,(H,26,29). The van der Waals surface area contributed by atoms with Gasteiger partial charge in [-0.05, 0) is 35.9 Å². The second kappa shape index (κ2) is 9.09. The predicted molar refractivity (Wildman–Crippen MR) is 122 cm³/mol. The molecule has 1 amide bonds. The summed E-state index contributed by atoms with van der Waals surface area (Å²) in [5.41, 5.74) is 5.83. The van der Waals surface area contributed by atoms with Crippen molar-refractivity contribution in [2.24, 2.45) is 0 Å². The third kappa shape index (κ3) is 4.58. The molecule has 0 saturated carbocycles. The van der Waals surface area contributed by atoms with Crippen molar-refractivity contribution in [1.29, 1.82) is 0 Å². The van der Waals surface area contributed by atoms with Crippen LogP contribution in [0.3, 0.4) is 0 Å². The Hall–Kier alpha value is -2.87. The molecule has 0 aromatic heterocycles. The fraction of sp³-hybridized carbons (Fsp3) is 0.375. The van der Waals surface area contributed by atoms with Crippen molar-refractivity contribution in [3.63, 3.8) is 0 Å². The Morgan fingerprint density at radius 3 is 2.39 bits per heavy atom. The van der Waals surface area contributed by atoms with E-state index in [0.29, 0.717) is 5.57 Å². The Balaban J connectivity index is 1.26. The van der Waals surface area contributed by atoms with E-state index in [-0.39, 0.29) is 5.91 Å². The summed E-state index contributed by atoms with van der Waals surface area (Å²) in [6, 6.07) is 14.5. The second-order valence-corrected chi connectivity index (χ2v) is 8.07. The molecule has 0 spiro atoms. The third-order valence-corrected chi connectivity index (χ3v) is 6.00. The number of nitrogens with zero attached hydrogens (tertiary/aromatic N) is 2. The van der Waals surface area contributed by atoms with Crippen LogP contribution >= 0.6 is 0 Å². The highest BCUT2D eigenvalue weighted by atomic mass is 16.5. The van der Waals surface area contributed by atoms with Gasteiger partial charge >= 0.3 is 0 Å². The highest BCUT2D eigenvalue weighted by Crippen LogP contribution is 2.33. The average molecular weight is 421 g/mol. The van der Waals surface area contributed by atoms with E-state index in [9.17, 15) is 4.79 Å². The Morgan fingerprint density at radius 1 is 0.935 bits per heavy atom. The number of carbonyl (C=O) groups excluding carboxylic acids is 1. The highest BCUT2D eigenvalue weighted by Gasteiger charge is 2.24. The molecule has 0 bridgehead atoms. The number of hydrogen-bond acceptors (Lipinski definition) is 6. The number of nitrogens with one attached hydrogen (secondary N) is 2. The van der Waals surface area contributed by atoms with Gasteiger partial charge in [-0.25, -0.2) is 0 Å². The number of anilines is 3. The molecule has 162 valence electrons. The molecule has 0 aliphatic carbocycles. The summed E-state index contributed by atoms with van der Waals surface area (Å²) in [5.74, 6) is -0.0732. The topological polar surface area (TPSA) is 66.1 Å². The van der Waals surface area contributed by atoms with Gasteiger partial charge < -0.3 is 25.0 Å². The number of carbonyl (C=O) groups is 1. The highest BCUT2D eigenvalue weighted by molar-refractivity contribution is 6.31. The summed E-state index contributed by atoms with van der Waals surface area (Å²) in [4.78, 5) is 17.2. The molecule has 2 N–H and O–H groups in total. The largest absolute Gasteiger partial charge is 0.379 e. The maximum Gasteiger partial charge on any atom is 0.257 e. The summed E-state index contributed by atoms with van der Waals surface area (Å²) in [6.45, 7) is 7.72. The van der Waals surface area contributed by atoms with Gasteiger partial charge in [0.25, 0.3) is 5.91 Å². The van der Waals surface area contributed by atoms with Crippen LogP contribution in [0.1, 0.15) is 11.1 Å². The van der Waals surface area contributed by atoms with Crippen molar-refractivity contribution in [3.8, 4) is 0 Å². The first-order valence-electron chi connectivity index (χ1n) is 10.9. The molecule has 3 aliphatic rings. The molecule has 0 radical (unpaired) electrons. The summed E-state index contributed by atoms with van der Waals surface area (Å²) < 4.78 is 10.8. The lowest BCUT2D eigenvalue weighted by Crippen LogP contribution is -2.36.